The number of anilines is 1. The van der Waals surface area contributed by atoms with Gasteiger partial charge in [-0.15, -0.1) is 21.5 Å². The lowest BCUT2D eigenvalue weighted by molar-refractivity contribution is 0.0139. The lowest BCUT2D eigenvalue weighted by Gasteiger charge is -2.36. The molecule has 0 radical (unpaired) electrons. The zero-order valence-corrected chi connectivity index (χ0v) is 21.5. The Morgan fingerprint density at radius 2 is 2.00 bits per heavy atom. The minimum absolute atomic E-state index is 0.188. The molecular weight excluding hydrogens is 500 g/mol. The van der Waals surface area contributed by atoms with Crippen LogP contribution in [0.25, 0.3) is 11.5 Å². The first kappa shape index (κ1) is 24.4. The van der Waals surface area contributed by atoms with E-state index < -0.39 is 0 Å². The number of aryl methyl sites for hydroxylation is 1. The predicted octanol–water partition coefficient (Wildman–Crippen LogP) is 4.10. The molecule has 2 aromatic carbocycles. The van der Waals surface area contributed by atoms with Crippen LogP contribution in [0.1, 0.15) is 44.4 Å². The number of ether oxygens (including phenoxy) is 1. The summed E-state index contributed by atoms with van der Waals surface area (Å²) < 4.78 is 11.3. The molecule has 0 bridgehead atoms. The quantitative estimate of drug-likeness (QED) is 0.399. The highest BCUT2D eigenvalue weighted by atomic mass is 32.1. The molecule has 1 aliphatic carbocycles. The smallest absolute Gasteiger partial charge is 0.257 e. The van der Waals surface area contributed by atoms with Crippen LogP contribution in [0.5, 0.6) is 0 Å². The van der Waals surface area contributed by atoms with Crippen LogP contribution in [0.4, 0.5) is 5.13 Å². The number of nitrogens with zero attached hydrogens (tertiary/aromatic N) is 5. The standard InChI is InChI=1S/C28H26N6O3S/c29-17-18-4-6-20(7-5-18)27-33-32-25(37-27)15-19-2-1-3-21(14-19)26(35)31-28-30-23-9-8-22(16-24(23)38-28)34-10-12-36-13-11-34/h1-7,14,22H,8-13,15-16H2,(H,30,31,35)/t22-/m0/s1. The molecular formula is C28H26N6O3S. The molecule has 1 aliphatic heterocycles. The van der Waals surface area contributed by atoms with Crippen LogP contribution in [0.2, 0.25) is 0 Å². The van der Waals surface area contributed by atoms with Gasteiger partial charge in [-0.1, -0.05) is 12.1 Å². The number of aromatic nitrogens is 3. The second kappa shape index (κ2) is 10.8. The van der Waals surface area contributed by atoms with Crippen molar-refractivity contribution in [2.75, 3.05) is 31.6 Å². The molecule has 0 unspecified atom stereocenters. The Morgan fingerprint density at radius 3 is 2.82 bits per heavy atom. The number of benzene rings is 2. The third-order valence-electron chi connectivity index (χ3n) is 6.97. The van der Waals surface area contributed by atoms with Gasteiger partial charge in [0.1, 0.15) is 0 Å². The number of carbonyl (C=O) groups excluding carboxylic acids is 1. The summed E-state index contributed by atoms with van der Waals surface area (Å²) in [5.41, 5.74) is 3.86. The molecule has 9 nitrogen and oxygen atoms in total. The number of amides is 1. The average molecular weight is 527 g/mol. The fourth-order valence-corrected chi connectivity index (χ4v) is 6.03. The average Bonchev–Trinajstić information content (AvgIpc) is 3.60. The first-order valence-electron chi connectivity index (χ1n) is 12.7. The molecule has 4 aromatic rings. The maximum Gasteiger partial charge on any atom is 0.257 e. The highest BCUT2D eigenvalue weighted by molar-refractivity contribution is 7.15. The Morgan fingerprint density at radius 1 is 1.16 bits per heavy atom. The number of hydrogen-bond donors (Lipinski definition) is 1. The fraction of sp³-hybridized carbons (Fsp3) is 0.321. The van der Waals surface area contributed by atoms with Crippen molar-refractivity contribution in [3.05, 3.63) is 81.7 Å². The van der Waals surface area contributed by atoms with Crippen molar-refractivity contribution in [2.45, 2.75) is 31.7 Å². The first-order chi connectivity index (χ1) is 18.6. The van der Waals surface area contributed by atoms with E-state index in [-0.39, 0.29) is 5.91 Å². The summed E-state index contributed by atoms with van der Waals surface area (Å²) in [5, 5.41) is 20.9. The number of morpholine rings is 1. The number of fused-ring (bicyclic) bond motifs is 1. The van der Waals surface area contributed by atoms with E-state index in [0.717, 1.165) is 62.4 Å². The highest BCUT2D eigenvalue weighted by Gasteiger charge is 2.28. The Hall–Kier alpha value is -3.91. The van der Waals surface area contributed by atoms with Gasteiger partial charge in [-0.25, -0.2) is 4.98 Å². The summed E-state index contributed by atoms with van der Waals surface area (Å²) in [5.74, 6) is 0.651. The SMILES string of the molecule is N#Cc1ccc(-c2nnc(Cc3cccc(C(=O)Nc4nc5c(s4)C[C@@H](N4CCOCC4)CC5)c3)o2)cc1. The minimum atomic E-state index is -0.188. The van der Waals surface area contributed by atoms with E-state index in [1.807, 2.05) is 18.2 Å². The van der Waals surface area contributed by atoms with Gasteiger partial charge in [0, 0.05) is 35.1 Å². The van der Waals surface area contributed by atoms with Crippen molar-refractivity contribution in [1.82, 2.24) is 20.1 Å². The monoisotopic (exact) mass is 526 g/mol. The lowest BCUT2D eigenvalue weighted by atomic mass is 9.96. The largest absolute Gasteiger partial charge is 0.420 e. The number of rotatable bonds is 6. The van der Waals surface area contributed by atoms with E-state index in [1.165, 1.54) is 4.88 Å². The minimum Gasteiger partial charge on any atom is -0.420 e. The Kier molecular flexibility index (Phi) is 6.96. The van der Waals surface area contributed by atoms with E-state index in [1.54, 1.807) is 41.7 Å². The van der Waals surface area contributed by atoms with Crippen molar-refractivity contribution < 1.29 is 13.9 Å². The summed E-state index contributed by atoms with van der Waals surface area (Å²) in [6, 6.07) is 17.0. The van der Waals surface area contributed by atoms with Gasteiger partial charge in [-0.3, -0.25) is 15.0 Å². The molecule has 1 fully saturated rings. The molecule has 0 spiro atoms. The Bertz CT molecular complexity index is 1480. The molecule has 1 N–H and O–H groups in total. The molecule has 38 heavy (non-hydrogen) atoms. The number of hydrogen-bond acceptors (Lipinski definition) is 9. The molecule has 2 aromatic heterocycles. The second-order valence-electron chi connectivity index (χ2n) is 9.46. The molecule has 3 heterocycles. The van der Waals surface area contributed by atoms with Gasteiger partial charge in [0.25, 0.3) is 5.91 Å². The first-order valence-corrected chi connectivity index (χ1v) is 13.5. The summed E-state index contributed by atoms with van der Waals surface area (Å²) >= 11 is 1.58. The lowest BCUT2D eigenvalue weighted by Crippen LogP contribution is -2.45. The van der Waals surface area contributed by atoms with E-state index in [0.29, 0.717) is 40.5 Å². The van der Waals surface area contributed by atoms with Crippen LogP contribution in [-0.2, 0) is 24.0 Å². The third-order valence-corrected chi connectivity index (χ3v) is 8.00. The number of nitriles is 1. The van der Waals surface area contributed by atoms with Gasteiger partial charge in [-0.2, -0.15) is 5.26 Å². The zero-order chi connectivity index (χ0) is 25.9. The van der Waals surface area contributed by atoms with Gasteiger partial charge in [0.05, 0.1) is 37.0 Å². The van der Waals surface area contributed by atoms with Crippen molar-refractivity contribution in [3.8, 4) is 17.5 Å². The zero-order valence-electron chi connectivity index (χ0n) is 20.7. The van der Waals surface area contributed by atoms with Crippen LogP contribution in [0.15, 0.2) is 52.9 Å². The highest BCUT2D eigenvalue weighted by Crippen LogP contribution is 2.32. The van der Waals surface area contributed by atoms with E-state index in [9.17, 15) is 4.79 Å². The Balaban J connectivity index is 1.10. The number of thiazole rings is 1. The molecule has 10 heteroatoms. The van der Waals surface area contributed by atoms with Crippen LogP contribution in [0.3, 0.4) is 0 Å². The number of nitrogens with one attached hydrogen (secondary N) is 1. The van der Waals surface area contributed by atoms with E-state index in [2.05, 4.69) is 26.5 Å². The molecule has 192 valence electrons. The second-order valence-corrected chi connectivity index (χ2v) is 10.5. The van der Waals surface area contributed by atoms with Gasteiger partial charge in [0.15, 0.2) is 5.13 Å². The summed E-state index contributed by atoms with van der Waals surface area (Å²) in [6.07, 6.45) is 3.41. The van der Waals surface area contributed by atoms with Crippen LogP contribution in [-0.4, -0.2) is 58.3 Å². The molecule has 1 atom stereocenters. The summed E-state index contributed by atoms with van der Waals surface area (Å²) in [4.78, 5) is 21.6. The van der Waals surface area contributed by atoms with Gasteiger partial charge in [-0.05, 0) is 61.2 Å². The van der Waals surface area contributed by atoms with Gasteiger partial charge < -0.3 is 9.15 Å². The molecule has 2 aliphatic rings. The summed E-state index contributed by atoms with van der Waals surface area (Å²) in [6.45, 7) is 3.58. The maximum absolute atomic E-state index is 13.0. The molecule has 6 rings (SSSR count). The van der Waals surface area contributed by atoms with E-state index >= 15 is 0 Å². The van der Waals surface area contributed by atoms with Crippen molar-refractivity contribution in [2.24, 2.45) is 0 Å². The predicted molar refractivity (Wildman–Crippen MR) is 142 cm³/mol. The topological polar surface area (TPSA) is 117 Å². The molecule has 1 amide bonds. The van der Waals surface area contributed by atoms with Crippen LogP contribution in [0, 0.1) is 11.3 Å². The van der Waals surface area contributed by atoms with Crippen molar-refractivity contribution in [1.29, 1.82) is 5.26 Å². The fourth-order valence-electron chi connectivity index (χ4n) is 4.96. The molecule has 0 saturated carbocycles. The number of carbonyl (C=O) groups is 1. The van der Waals surface area contributed by atoms with Crippen molar-refractivity contribution >= 4 is 22.4 Å². The van der Waals surface area contributed by atoms with Crippen LogP contribution >= 0.6 is 11.3 Å². The van der Waals surface area contributed by atoms with E-state index in [4.69, 9.17) is 19.4 Å². The van der Waals surface area contributed by atoms with Crippen molar-refractivity contribution in [3.63, 3.8) is 0 Å². The molecule has 1 saturated heterocycles. The maximum atomic E-state index is 13.0. The van der Waals surface area contributed by atoms with Gasteiger partial charge >= 0.3 is 0 Å². The van der Waals surface area contributed by atoms with Crippen LogP contribution < -0.4 is 5.32 Å². The normalized spacial score (nSPS) is 17.5. The summed E-state index contributed by atoms with van der Waals surface area (Å²) in [7, 11) is 0. The van der Waals surface area contributed by atoms with Gasteiger partial charge in [0.2, 0.25) is 11.8 Å². The third kappa shape index (κ3) is 5.36. The Labute approximate surface area is 224 Å².